The van der Waals surface area contributed by atoms with E-state index in [4.69, 9.17) is 14.2 Å². The minimum atomic E-state index is -0.686. The smallest absolute Gasteiger partial charge is 0.321 e. The molecule has 144 valence electrons. The first-order valence-electron chi connectivity index (χ1n) is 8.24. The van der Waals surface area contributed by atoms with Gasteiger partial charge in [0, 0.05) is 12.0 Å². The van der Waals surface area contributed by atoms with Crippen LogP contribution in [0.3, 0.4) is 0 Å². The summed E-state index contributed by atoms with van der Waals surface area (Å²) in [4.78, 5) is 34.6. The summed E-state index contributed by atoms with van der Waals surface area (Å²) in [5.74, 6) is 0.183. The highest BCUT2D eigenvalue weighted by Crippen LogP contribution is 2.17. The molecule has 0 unspecified atom stereocenters. The van der Waals surface area contributed by atoms with Crippen LogP contribution >= 0.6 is 0 Å². The van der Waals surface area contributed by atoms with Gasteiger partial charge in [-0.1, -0.05) is 0 Å². The van der Waals surface area contributed by atoms with E-state index < -0.39 is 30.1 Å². The van der Waals surface area contributed by atoms with Crippen LogP contribution in [0.25, 0.3) is 0 Å². The van der Waals surface area contributed by atoms with Crippen molar-refractivity contribution in [2.75, 3.05) is 20.3 Å². The van der Waals surface area contributed by atoms with Gasteiger partial charge in [0.2, 0.25) is 0 Å². The van der Waals surface area contributed by atoms with Crippen LogP contribution in [0.5, 0.6) is 11.5 Å². The Morgan fingerprint density at radius 1 is 1.04 bits per heavy atom. The molecule has 0 aliphatic heterocycles. The van der Waals surface area contributed by atoms with E-state index in [0.717, 1.165) is 5.75 Å². The second-order valence-electron chi connectivity index (χ2n) is 6.54. The molecule has 0 aliphatic rings. The monoisotopic (exact) mass is 366 g/mol. The maximum absolute atomic E-state index is 11.6. The molecule has 0 bridgehead atoms. The molecule has 1 aromatic rings. The molecule has 0 saturated carbocycles. The van der Waals surface area contributed by atoms with Gasteiger partial charge in [-0.2, -0.15) is 0 Å². The quantitative estimate of drug-likeness (QED) is 0.539. The molecule has 0 spiro atoms. The van der Waals surface area contributed by atoms with Gasteiger partial charge in [-0.05, 0) is 51.5 Å². The number of esters is 1. The molecular formula is C18H26N2O6. The van der Waals surface area contributed by atoms with Crippen LogP contribution in [-0.4, -0.2) is 43.8 Å². The Labute approximate surface area is 153 Å². The first-order valence-corrected chi connectivity index (χ1v) is 8.24. The molecule has 0 saturated heterocycles. The number of amides is 3. The summed E-state index contributed by atoms with van der Waals surface area (Å²) < 4.78 is 15.3. The van der Waals surface area contributed by atoms with Crippen molar-refractivity contribution in [3.05, 3.63) is 24.3 Å². The van der Waals surface area contributed by atoms with Crippen molar-refractivity contribution >= 4 is 17.9 Å². The van der Waals surface area contributed by atoms with E-state index in [1.165, 1.54) is 0 Å². The van der Waals surface area contributed by atoms with Crippen LogP contribution < -0.4 is 20.1 Å². The molecule has 3 amide bonds. The zero-order valence-corrected chi connectivity index (χ0v) is 15.6. The van der Waals surface area contributed by atoms with Gasteiger partial charge in [-0.3, -0.25) is 14.9 Å². The Kier molecular flexibility index (Phi) is 8.41. The number of nitrogens with one attached hydrogen (secondary N) is 2. The number of methoxy groups -OCH3 is 1. The van der Waals surface area contributed by atoms with Gasteiger partial charge in [0.05, 0.1) is 13.7 Å². The van der Waals surface area contributed by atoms with Gasteiger partial charge in [0.15, 0.2) is 6.61 Å². The third-order valence-electron chi connectivity index (χ3n) is 2.96. The van der Waals surface area contributed by atoms with Crippen molar-refractivity contribution in [1.82, 2.24) is 10.6 Å². The topological polar surface area (TPSA) is 103 Å². The summed E-state index contributed by atoms with van der Waals surface area (Å²) >= 11 is 0. The number of ether oxygens (including phenoxy) is 3. The Balaban J connectivity index is 2.16. The van der Waals surface area contributed by atoms with Crippen LogP contribution in [0.15, 0.2) is 24.3 Å². The summed E-state index contributed by atoms with van der Waals surface area (Å²) in [6.45, 7) is 5.18. The van der Waals surface area contributed by atoms with E-state index in [1.54, 1.807) is 52.1 Å². The molecule has 1 aromatic carbocycles. The molecule has 0 aliphatic carbocycles. The lowest BCUT2D eigenvalue weighted by molar-refractivity contribution is -0.148. The highest BCUT2D eigenvalue weighted by molar-refractivity contribution is 5.95. The number of urea groups is 1. The zero-order chi connectivity index (χ0) is 19.6. The second-order valence-corrected chi connectivity index (χ2v) is 6.54. The van der Waals surface area contributed by atoms with Crippen LogP contribution in [0.4, 0.5) is 4.79 Å². The highest BCUT2D eigenvalue weighted by atomic mass is 16.5. The Bertz CT molecular complexity index is 607. The fourth-order valence-electron chi connectivity index (χ4n) is 1.83. The third-order valence-corrected chi connectivity index (χ3v) is 2.96. The molecule has 26 heavy (non-hydrogen) atoms. The molecule has 0 aromatic heterocycles. The van der Waals surface area contributed by atoms with Gasteiger partial charge >= 0.3 is 12.0 Å². The largest absolute Gasteiger partial charge is 0.497 e. The lowest BCUT2D eigenvalue weighted by Crippen LogP contribution is -2.49. The van der Waals surface area contributed by atoms with Crippen LogP contribution in [-0.2, 0) is 14.3 Å². The van der Waals surface area contributed by atoms with E-state index in [1.807, 2.05) is 0 Å². The first kappa shape index (κ1) is 21.3. The van der Waals surface area contributed by atoms with Crippen molar-refractivity contribution in [2.24, 2.45) is 0 Å². The fraction of sp³-hybridized carbons (Fsp3) is 0.500. The average Bonchev–Trinajstić information content (AvgIpc) is 2.55. The minimum Gasteiger partial charge on any atom is -0.497 e. The first-order chi connectivity index (χ1) is 12.2. The van der Waals surface area contributed by atoms with Crippen LogP contribution in [0, 0.1) is 0 Å². The Morgan fingerprint density at radius 2 is 1.65 bits per heavy atom. The van der Waals surface area contributed by atoms with Gasteiger partial charge < -0.3 is 19.5 Å². The van der Waals surface area contributed by atoms with E-state index in [9.17, 15) is 14.4 Å². The van der Waals surface area contributed by atoms with E-state index >= 15 is 0 Å². The SMILES string of the molecule is COc1ccc(OCCCC(=O)OCC(=O)NC(=O)NC(C)(C)C)cc1. The van der Waals surface area contributed by atoms with Gasteiger partial charge in [-0.15, -0.1) is 0 Å². The molecule has 0 atom stereocenters. The number of hydrogen-bond donors (Lipinski definition) is 2. The van der Waals surface area contributed by atoms with Crippen molar-refractivity contribution in [3.63, 3.8) is 0 Å². The molecule has 8 heteroatoms. The predicted octanol–water partition coefficient (Wildman–Crippen LogP) is 2.02. The van der Waals surface area contributed by atoms with Gasteiger partial charge in [0.1, 0.15) is 11.5 Å². The Hall–Kier alpha value is -2.77. The fourth-order valence-corrected chi connectivity index (χ4v) is 1.83. The molecule has 8 nitrogen and oxygen atoms in total. The number of imide groups is 1. The second kappa shape index (κ2) is 10.3. The number of hydrogen-bond acceptors (Lipinski definition) is 6. The lowest BCUT2D eigenvalue weighted by atomic mass is 10.1. The normalized spacial score (nSPS) is 10.6. The number of benzene rings is 1. The maximum atomic E-state index is 11.6. The number of carbonyl (C=O) groups excluding carboxylic acids is 3. The lowest BCUT2D eigenvalue weighted by Gasteiger charge is -2.20. The predicted molar refractivity (Wildman–Crippen MR) is 95.1 cm³/mol. The van der Waals surface area contributed by atoms with E-state index in [2.05, 4.69) is 10.6 Å². The molecule has 0 radical (unpaired) electrons. The number of carbonyl (C=O) groups is 3. The molecular weight excluding hydrogens is 340 g/mol. The minimum absolute atomic E-state index is 0.109. The van der Waals surface area contributed by atoms with Crippen LogP contribution in [0.2, 0.25) is 0 Å². The average molecular weight is 366 g/mol. The van der Waals surface area contributed by atoms with Gasteiger partial charge in [0.25, 0.3) is 5.91 Å². The summed E-state index contributed by atoms with van der Waals surface area (Å²) in [6, 6.07) is 6.45. The summed E-state index contributed by atoms with van der Waals surface area (Å²) in [5, 5.41) is 4.66. The van der Waals surface area contributed by atoms with Gasteiger partial charge in [-0.25, -0.2) is 4.79 Å². The van der Waals surface area contributed by atoms with Crippen molar-refractivity contribution in [3.8, 4) is 11.5 Å². The zero-order valence-electron chi connectivity index (χ0n) is 15.6. The van der Waals surface area contributed by atoms with Crippen molar-refractivity contribution < 1.29 is 28.6 Å². The standard InChI is InChI=1S/C18H26N2O6/c1-18(2,3)20-17(23)19-15(21)12-26-16(22)6-5-11-25-14-9-7-13(24-4)8-10-14/h7-10H,5-6,11-12H2,1-4H3,(H2,19,20,21,23). The van der Waals surface area contributed by atoms with E-state index in [-0.39, 0.29) is 6.42 Å². The van der Waals surface area contributed by atoms with Crippen molar-refractivity contribution in [2.45, 2.75) is 39.2 Å². The molecule has 0 fully saturated rings. The highest BCUT2D eigenvalue weighted by Gasteiger charge is 2.16. The molecule has 1 rings (SSSR count). The third kappa shape index (κ3) is 9.51. The Morgan fingerprint density at radius 3 is 2.23 bits per heavy atom. The molecule has 0 heterocycles. The summed E-state index contributed by atoms with van der Waals surface area (Å²) in [7, 11) is 1.58. The molecule has 2 N–H and O–H groups in total. The number of rotatable bonds is 8. The van der Waals surface area contributed by atoms with E-state index in [0.29, 0.717) is 18.8 Å². The summed E-state index contributed by atoms with van der Waals surface area (Å²) in [6.07, 6.45) is 0.550. The van der Waals surface area contributed by atoms with Crippen molar-refractivity contribution in [1.29, 1.82) is 0 Å². The summed E-state index contributed by atoms with van der Waals surface area (Å²) in [5.41, 5.74) is -0.467. The maximum Gasteiger partial charge on any atom is 0.321 e. The van der Waals surface area contributed by atoms with Crippen LogP contribution in [0.1, 0.15) is 33.6 Å².